The summed E-state index contributed by atoms with van der Waals surface area (Å²) >= 11 is 0. The van der Waals surface area contributed by atoms with Crippen LogP contribution in [0.3, 0.4) is 0 Å². The van der Waals surface area contributed by atoms with Crippen molar-refractivity contribution in [2.75, 3.05) is 13.1 Å². The summed E-state index contributed by atoms with van der Waals surface area (Å²) in [4.78, 5) is 6.55. The number of nitrogens with zero attached hydrogens (tertiary/aromatic N) is 2. The molecule has 1 aliphatic rings. The highest BCUT2D eigenvalue weighted by Crippen LogP contribution is 2.15. The summed E-state index contributed by atoms with van der Waals surface area (Å²) in [5, 5.41) is 0. The van der Waals surface area contributed by atoms with Gasteiger partial charge in [-0.3, -0.25) is 4.99 Å². The predicted octanol–water partition coefficient (Wildman–Crippen LogP) is 1.44. The molecular weight excluding hydrogens is 162 g/mol. The molecular formula is C10H21N3. The first-order chi connectivity index (χ1) is 6.15. The molecule has 0 radical (unpaired) electrons. The average molecular weight is 183 g/mol. The molecule has 0 fully saturated rings. The minimum absolute atomic E-state index is 0.562. The maximum atomic E-state index is 5.82. The molecule has 0 aromatic carbocycles. The molecule has 2 N–H and O–H groups in total. The van der Waals surface area contributed by atoms with Gasteiger partial charge in [0.15, 0.2) is 5.96 Å². The molecule has 0 saturated carbocycles. The van der Waals surface area contributed by atoms with Gasteiger partial charge < -0.3 is 10.6 Å². The molecule has 0 aromatic heterocycles. The molecule has 13 heavy (non-hydrogen) atoms. The lowest BCUT2D eigenvalue weighted by Crippen LogP contribution is -2.42. The lowest BCUT2D eigenvalue weighted by Gasteiger charge is -2.27. The molecule has 0 bridgehead atoms. The van der Waals surface area contributed by atoms with Crippen molar-refractivity contribution >= 4 is 5.96 Å². The molecule has 1 rings (SSSR count). The summed E-state index contributed by atoms with van der Waals surface area (Å²) in [6.07, 6.45) is 2.42. The number of rotatable bonds is 4. The van der Waals surface area contributed by atoms with Gasteiger partial charge in [0.05, 0.1) is 12.6 Å². The molecule has 1 aliphatic heterocycles. The highest BCUT2D eigenvalue weighted by atomic mass is 15.3. The van der Waals surface area contributed by atoms with Crippen LogP contribution < -0.4 is 5.73 Å². The van der Waals surface area contributed by atoms with E-state index in [-0.39, 0.29) is 0 Å². The molecule has 1 heterocycles. The zero-order valence-electron chi connectivity index (χ0n) is 8.95. The van der Waals surface area contributed by atoms with Crippen molar-refractivity contribution in [3.8, 4) is 0 Å². The van der Waals surface area contributed by atoms with E-state index in [1.165, 1.54) is 12.8 Å². The van der Waals surface area contributed by atoms with E-state index in [0.717, 1.165) is 19.0 Å². The standard InChI is InChI=1S/C10H21N3/c1-4-5-9-6-12-10(11)13(9)7-8(2)3/h8-9H,4-7H2,1-3H3,(H2,11,12). The molecule has 0 spiro atoms. The molecule has 1 unspecified atom stereocenters. The van der Waals surface area contributed by atoms with Crippen molar-refractivity contribution in [3.05, 3.63) is 0 Å². The van der Waals surface area contributed by atoms with E-state index in [2.05, 4.69) is 30.7 Å². The van der Waals surface area contributed by atoms with Crippen LogP contribution in [0.2, 0.25) is 0 Å². The number of guanidine groups is 1. The van der Waals surface area contributed by atoms with Crippen LogP contribution in [-0.4, -0.2) is 30.0 Å². The quantitative estimate of drug-likeness (QED) is 0.716. The first-order valence-corrected chi connectivity index (χ1v) is 5.21. The van der Waals surface area contributed by atoms with Crippen LogP contribution in [0.1, 0.15) is 33.6 Å². The van der Waals surface area contributed by atoms with Gasteiger partial charge in [-0.2, -0.15) is 0 Å². The Morgan fingerprint density at radius 2 is 2.31 bits per heavy atom. The summed E-state index contributed by atoms with van der Waals surface area (Å²) in [6.45, 7) is 8.58. The molecule has 0 aromatic rings. The molecule has 1 atom stereocenters. The lowest BCUT2D eigenvalue weighted by atomic mass is 10.1. The van der Waals surface area contributed by atoms with Crippen LogP contribution in [0.25, 0.3) is 0 Å². The van der Waals surface area contributed by atoms with Crippen LogP contribution in [0.5, 0.6) is 0 Å². The van der Waals surface area contributed by atoms with Crippen LogP contribution in [-0.2, 0) is 0 Å². The van der Waals surface area contributed by atoms with Gasteiger partial charge in [0, 0.05) is 6.54 Å². The molecule has 0 saturated heterocycles. The van der Waals surface area contributed by atoms with E-state index in [4.69, 9.17) is 5.73 Å². The smallest absolute Gasteiger partial charge is 0.191 e. The second-order valence-corrected chi connectivity index (χ2v) is 4.19. The average Bonchev–Trinajstić information content (AvgIpc) is 2.36. The van der Waals surface area contributed by atoms with E-state index >= 15 is 0 Å². The van der Waals surface area contributed by atoms with Crippen molar-refractivity contribution in [3.63, 3.8) is 0 Å². The Balaban J connectivity index is 2.50. The Labute approximate surface area is 81.0 Å². The fourth-order valence-corrected chi connectivity index (χ4v) is 1.79. The Kier molecular flexibility index (Phi) is 3.58. The highest BCUT2D eigenvalue weighted by Gasteiger charge is 2.25. The van der Waals surface area contributed by atoms with Gasteiger partial charge in [-0.1, -0.05) is 27.2 Å². The van der Waals surface area contributed by atoms with Crippen LogP contribution >= 0.6 is 0 Å². The summed E-state index contributed by atoms with van der Waals surface area (Å²) in [5.74, 6) is 1.40. The Morgan fingerprint density at radius 3 is 2.85 bits per heavy atom. The van der Waals surface area contributed by atoms with Crippen molar-refractivity contribution in [2.45, 2.75) is 39.7 Å². The van der Waals surface area contributed by atoms with E-state index in [1.54, 1.807) is 0 Å². The molecule has 3 heteroatoms. The van der Waals surface area contributed by atoms with Crippen LogP contribution in [0, 0.1) is 5.92 Å². The number of hydrogen-bond donors (Lipinski definition) is 1. The maximum Gasteiger partial charge on any atom is 0.191 e. The zero-order valence-corrected chi connectivity index (χ0v) is 8.95. The summed E-state index contributed by atoms with van der Waals surface area (Å²) in [5.41, 5.74) is 5.82. The minimum Gasteiger partial charge on any atom is -0.370 e. The summed E-state index contributed by atoms with van der Waals surface area (Å²) in [6, 6.07) is 0.562. The Morgan fingerprint density at radius 1 is 1.62 bits per heavy atom. The van der Waals surface area contributed by atoms with Crippen LogP contribution in [0.4, 0.5) is 0 Å². The monoisotopic (exact) mass is 183 g/mol. The van der Waals surface area contributed by atoms with Crippen molar-refractivity contribution < 1.29 is 0 Å². The largest absolute Gasteiger partial charge is 0.370 e. The molecule has 76 valence electrons. The molecule has 0 amide bonds. The lowest BCUT2D eigenvalue weighted by molar-refractivity contribution is 0.290. The van der Waals surface area contributed by atoms with Gasteiger partial charge in [0.2, 0.25) is 0 Å². The van der Waals surface area contributed by atoms with Gasteiger partial charge in [0.1, 0.15) is 0 Å². The van der Waals surface area contributed by atoms with Crippen molar-refractivity contribution in [2.24, 2.45) is 16.6 Å². The number of aliphatic imine (C=N–C) groups is 1. The van der Waals surface area contributed by atoms with E-state index < -0.39 is 0 Å². The number of hydrogen-bond acceptors (Lipinski definition) is 3. The van der Waals surface area contributed by atoms with Crippen molar-refractivity contribution in [1.82, 2.24) is 4.90 Å². The normalized spacial score (nSPS) is 22.6. The Hall–Kier alpha value is -0.730. The third-order valence-electron chi connectivity index (χ3n) is 2.38. The zero-order chi connectivity index (χ0) is 9.84. The molecule has 3 nitrogen and oxygen atoms in total. The van der Waals surface area contributed by atoms with Crippen molar-refractivity contribution in [1.29, 1.82) is 0 Å². The van der Waals surface area contributed by atoms with Gasteiger partial charge in [-0.25, -0.2) is 0 Å². The third kappa shape index (κ3) is 2.61. The second-order valence-electron chi connectivity index (χ2n) is 4.19. The van der Waals surface area contributed by atoms with E-state index in [0.29, 0.717) is 12.0 Å². The van der Waals surface area contributed by atoms with Crippen LogP contribution in [0.15, 0.2) is 4.99 Å². The summed E-state index contributed by atoms with van der Waals surface area (Å²) in [7, 11) is 0. The number of nitrogens with two attached hydrogens (primary N) is 1. The fraction of sp³-hybridized carbons (Fsp3) is 0.900. The predicted molar refractivity (Wildman–Crippen MR) is 56.7 cm³/mol. The van der Waals surface area contributed by atoms with Gasteiger partial charge in [-0.15, -0.1) is 0 Å². The first kappa shape index (κ1) is 10.4. The SMILES string of the molecule is CCCC1CN=C(N)N1CC(C)C. The highest BCUT2D eigenvalue weighted by molar-refractivity contribution is 5.80. The van der Waals surface area contributed by atoms with E-state index in [1.807, 2.05) is 0 Å². The topological polar surface area (TPSA) is 41.6 Å². The van der Waals surface area contributed by atoms with E-state index in [9.17, 15) is 0 Å². The Bertz CT molecular complexity index is 187. The molecule has 0 aliphatic carbocycles. The fourth-order valence-electron chi connectivity index (χ4n) is 1.79. The maximum absolute atomic E-state index is 5.82. The van der Waals surface area contributed by atoms with Gasteiger partial charge in [0.25, 0.3) is 0 Å². The van der Waals surface area contributed by atoms with Gasteiger partial charge in [-0.05, 0) is 12.3 Å². The van der Waals surface area contributed by atoms with Gasteiger partial charge >= 0.3 is 0 Å². The second kappa shape index (κ2) is 4.49. The first-order valence-electron chi connectivity index (χ1n) is 5.21. The minimum atomic E-state index is 0.562. The third-order valence-corrected chi connectivity index (χ3v) is 2.38. The summed E-state index contributed by atoms with van der Waals surface area (Å²) < 4.78 is 0.